The molecule has 3 rings (SSSR count). The first kappa shape index (κ1) is 20.0. The average molecular weight is 465 g/mol. The molecule has 0 saturated heterocycles. The number of rotatable bonds is 7. The SMILES string of the molecule is CCNC(=NCc1ccn[nH]1)NCCc1ccc(-n2cccn2)cc1.I. The fourth-order valence-electron chi connectivity index (χ4n) is 2.44. The van der Waals surface area contributed by atoms with Gasteiger partial charge in [-0.1, -0.05) is 12.1 Å². The van der Waals surface area contributed by atoms with E-state index in [-0.39, 0.29) is 24.0 Å². The van der Waals surface area contributed by atoms with Crippen molar-refractivity contribution in [2.45, 2.75) is 19.9 Å². The van der Waals surface area contributed by atoms with Crippen molar-refractivity contribution in [1.29, 1.82) is 0 Å². The van der Waals surface area contributed by atoms with Crippen LogP contribution in [-0.4, -0.2) is 39.0 Å². The molecule has 0 unspecified atom stereocenters. The second-order valence-corrected chi connectivity index (χ2v) is 5.57. The lowest BCUT2D eigenvalue weighted by Crippen LogP contribution is -2.38. The molecule has 0 amide bonds. The van der Waals surface area contributed by atoms with Gasteiger partial charge in [-0.05, 0) is 43.2 Å². The molecule has 26 heavy (non-hydrogen) atoms. The van der Waals surface area contributed by atoms with E-state index in [1.54, 1.807) is 12.4 Å². The maximum atomic E-state index is 4.55. The van der Waals surface area contributed by atoms with Crippen LogP contribution in [0.1, 0.15) is 18.2 Å². The summed E-state index contributed by atoms with van der Waals surface area (Å²) >= 11 is 0. The Kier molecular flexibility index (Phi) is 8.13. The normalized spacial score (nSPS) is 11.0. The molecular formula is C18H24IN7. The number of hydrogen-bond donors (Lipinski definition) is 3. The van der Waals surface area contributed by atoms with Crippen LogP contribution in [0.2, 0.25) is 0 Å². The monoisotopic (exact) mass is 465 g/mol. The minimum absolute atomic E-state index is 0. The molecule has 3 aromatic rings. The minimum atomic E-state index is 0. The summed E-state index contributed by atoms with van der Waals surface area (Å²) in [4.78, 5) is 4.55. The van der Waals surface area contributed by atoms with Crippen molar-refractivity contribution >= 4 is 29.9 Å². The number of aromatic amines is 1. The van der Waals surface area contributed by atoms with Crippen LogP contribution in [-0.2, 0) is 13.0 Å². The molecule has 138 valence electrons. The summed E-state index contributed by atoms with van der Waals surface area (Å²) in [7, 11) is 0. The van der Waals surface area contributed by atoms with E-state index in [9.17, 15) is 0 Å². The quantitative estimate of drug-likeness (QED) is 0.285. The molecule has 3 N–H and O–H groups in total. The van der Waals surface area contributed by atoms with Gasteiger partial charge in [-0.3, -0.25) is 5.10 Å². The van der Waals surface area contributed by atoms with Gasteiger partial charge in [0, 0.05) is 31.7 Å². The van der Waals surface area contributed by atoms with Crippen LogP contribution in [0.4, 0.5) is 0 Å². The topological polar surface area (TPSA) is 82.9 Å². The Balaban J connectivity index is 0.00000243. The molecule has 1 aromatic carbocycles. The summed E-state index contributed by atoms with van der Waals surface area (Å²) in [5.41, 5.74) is 3.33. The number of hydrogen-bond acceptors (Lipinski definition) is 3. The maximum Gasteiger partial charge on any atom is 0.191 e. The molecule has 0 bridgehead atoms. The molecule has 2 heterocycles. The van der Waals surface area contributed by atoms with Crippen molar-refractivity contribution in [3.8, 4) is 5.69 Å². The standard InChI is InChI=1S/C18H23N7.HI/c1-2-19-18(21-14-16-9-12-22-24-16)20-11-8-15-4-6-17(7-5-15)25-13-3-10-23-25;/h3-7,9-10,12-13H,2,8,11,14H2,1H3,(H,22,24)(H2,19,20,21);1H. The number of H-pyrrole nitrogens is 1. The van der Waals surface area contributed by atoms with Gasteiger partial charge in [-0.25, -0.2) is 9.67 Å². The van der Waals surface area contributed by atoms with Gasteiger partial charge < -0.3 is 10.6 Å². The lowest BCUT2D eigenvalue weighted by atomic mass is 10.1. The van der Waals surface area contributed by atoms with E-state index < -0.39 is 0 Å². The summed E-state index contributed by atoms with van der Waals surface area (Å²) < 4.78 is 1.85. The largest absolute Gasteiger partial charge is 0.357 e. The number of halogens is 1. The zero-order valence-electron chi connectivity index (χ0n) is 14.7. The Morgan fingerprint density at radius 1 is 1.15 bits per heavy atom. The van der Waals surface area contributed by atoms with Crippen LogP contribution in [0.15, 0.2) is 60.0 Å². The van der Waals surface area contributed by atoms with Crippen molar-refractivity contribution in [2.75, 3.05) is 13.1 Å². The number of benzene rings is 1. The highest BCUT2D eigenvalue weighted by Gasteiger charge is 2.00. The lowest BCUT2D eigenvalue weighted by molar-refractivity contribution is 0.795. The lowest BCUT2D eigenvalue weighted by Gasteiger charge is -2.11. The molecule has 7 nitrogen and oxygen atoms in total. The second-order valence-electron chi connectivity index (χ2n) is 5.57. The van der Waals surface area contributed by atoms with E-state index in [4.69, 9.17) is 0 Å². The number of nitrogens with zero attached hydrogens (tertiary/aromatic N) is 4. The smallest absolute Gasteiger partial charge is 0.191 e. The molecule has 0 radical (unpaired) electrons. The van der Waals surface area contributed by atoms with Crippen molar-refractivity contribution < 1.29 is 0 Å². The van der Waals surface area contributed by atoms with E-state index in [1.807, 2.05) is 23.0 Å². The first-order chi connectivity index (χ1) is 12.3. The molecule has 0 aliphatic carbocycles. The van der Waals surface area contributed by atoms with E-state index in [1.165, 1.54) is 5.56 Å². The fourth-order valence-corrected chi connectivity index (χ4v) is 2.44. The van der Waals surface area contributed by atoms with E-state index in [2.05, 4.69) is 62.1 Å². The number of aliphatic imine (C=N–C) groups is 1. The van der Waals surface area contributed by atoms with Gasteiger partial charge >= 0.3 is 0 Å². The Hall–Kier alpha value is -2.36. The van der Waals surface area contributed by atoms with Gasteiger partial charge in [-0.2, -0.15) is 10.2 Å². The molecule has 0 fully saturated rings. The zero-order chi connectivity index (χ0) is 17.3. The van der Waals surface area contributed by atoms with Crippen molar-refractivity contribution in [3.05, 3.63) is 66.2 Å². The van der Waals surface area contributed by atoms with Crippen LogP contribution < -0.4 is 10.6 Å². The highest BCUT2D eigenvalue weighted by atomic mass is 127. The first-order valence-electron chi connectivity index (χ1n) is 8.44. The van der Waals surface area contributed by atoms with E-state index in [0.29, 0.717) is 6.54 Å². The van der Waals surface area contributed by atoms with Gasteiger partial charge in [0.15, 0.2) is 5.96 Å². The van der Waals surface area contributed by atoms with Gasteiger partial charge in [0.2, 0.25) is 0 Å². The minimum Gasteiger partial charge on any atom is -0.357 e. The van der Waals surface area contributed by atoms with Gasteiger partial charge in [-0.15, -0.1) is 24.0 Å². The number of aromatic nitrogens is 4. The molecule has 8 heteroatoms. The summed E-state index contributed by atoms with van der Waals surface area (Å²) in [6, 6.07) is 12.3. The van der Waals surface area contributed by atoms with Gasteiger partial charge in [0.05, 0.1) is 17.9 Å². The molecule has 0 saturated carbocycles. The highest BCUT2D eigenvalue weighted by molar-refractivity contribution is 14.0. The third kappa shape index (κ3) is 5.87. The highest BCUT2D eigenvalue weighted by Crippen LogP contribution is 2.08. The Morgan fingerprint density at radius 3 is 2.65 bits per heavy atom. The molecule has 0 aliphatic heterocycles. The van der Waals surface area contributed by atoms with Crippen molar-refractivity contribution in [3.63, 3.8) is 0 Å². The fraction of sp³-hybridized carbons (Fsp3) is 0.278. The Morgan fingerprint density at radius 2 is 2.00 bits per heavy atom. The summed E-state index contributed by atoms with van der Waals surface area (Å²) in [6.45, 7) is 4.28. The predicted octanol–water partition coefficient (Wildman–Crippen LogP) is 2.51. The van der Waals surface area contributed by atoms with Crippen LogP contribution in [0.3, 0.4) is 0 Å². The number of nitrogens with one attached hydrogen (secondary N) is 3. The Labute approximate surface area is 170 Å². The third-order valence-electron chi connectivity index (χ3n) is 3.72. The van der Waals surface area contributed by atoms with Gasteiger partial charge in [0.1, 0.15) is 0 Å². The predicted molar refractivity (Wildman–Crippen MR) is 114 cm³/mol. The summed E-state index contributed by atoms with van der Waals surface area (Å²) in [6.07, 6.45) is 6.38. The molecule has 2 aromatic heterocycles. The maximum absolute atomic E-state index is 4.55. The summed E-state index contributed by atoms with van der Waals surface area (Å²) in [5.74, 6) is 0.810. The van der Waals surface area contributed by atoms with Crippen molar-refractivity contribution in [1.82, 2.24) is 30.6 Å². The third-order valence-corrected chi connectivity index (χ3v) is 3.72. The van der Waals surface area contributed by atoms with E-state index in [0.717, 1.165) is 36.9 Å². The molecular weight excluding hydrogens is 441 g/mol. The molecule has 0 spiro atoms. The molecule has 0 atom stereocenters. The van der Waals surface area contributed by atoms with Crippen molar-refractivity contribution in [2.24, 2.45) is 4.99 Å². The van der Waals surface area contributed by atoms with Crippen LogP contribution >= 0.6 is 24.0 Å². The number of guanidine groups is 1. The van der Waals surface area contributed by atoms with Crippen LogP contribution in [0.25, 0.3) is 5.69 Å². The summed E-state index contributed by atoms with van der Waals surface area (Å²) in [5, 5.41) is 17.7. The van der Waals surface area contributed by atoms with E-state index >= 15 is 0 Å². The zero-order valence-corrected chi connectivity index (χ0v) is 17.1. The molecule has 0 aliphatic rings. The Bertz CT molecular complexity index is 764. The van der Waals surface area contributed by atoms with Crippen LogP contribution in [0.5, 0.6) is 0 Å². The first-order valence-corrected chi connectivity index (χ1v) is 8.44. The second kappa shape index (κ2) is 10.6. The van der Waals surface area contributed by atoms with Gasteiger partial charge in [0.25, 0.3) is 0 Å². The van der Waals surface area contributed by atoms with Crippen LogP contribution in [0, 0.1) is 0 Å². The average Bonchev–Trinajstić information content (AvgIpc) is 3.34.